The first-order chi connectivity index (χ1) is 13.1. The number of carbonyl (C=O) groups excluding carboxylic acids is 1. The highest BCUT2D eigenvalue weighted by atomic mass is 35.5. The highest BCUT2D eigenvalue weighted by molar-refractivity contribution is 6.30. The maximum atomic E-state index is 12.5. The first-order valence-electron chi connectivity index (χ1n) is 8.45. The minimum Gasteiger partial charge on any atom is -0.492 e. The summed E-state index contributed by atoms with van der Waals surface area (Å²) < 4.78 is 5.51. The van der Waals surface area contributed by atoms with Gasteiger partial charge in [0.05, 0.1) is 17.9 Å². The van der Waals surface area contributed by atoms with Crippen molar-refractivity contribution in [3.8, 4) is 5.75 Å². The van der Waals surface area contributed by atoms with Crippen molar-refractivity contribution >= 4 is 34.8 Å². The van der Waals surface area contributed by atoms with Gasteiger partial charge in [0, 0.05) is 23.1 Å². The van der Waals surface area contributed by atoms with Gasteiger partial charge < -0.3 is 15.4 Å². The molecule has 3 rings (SSSR count). The zero-order valence-electron chi connectivity index (χ0n) is 15.0. The predicted molar refractivity (Wildman–Crippen MR) is 107 cm³/mol. The number of para-hydroxylation sites is 2. The van der Waals surface area contributed by atoms with Gasteiger partial charge in [-0.3, -0.25) is 4.79 Å². The number of nitrogens with zero attached hydrogens (tertiary/aromatic N) is 2. The van der Waals surface area contributed by atoms with Crippen molar-refractivity contribution in [2.24, 2.45) is 0 Å². The molecule has 27 heavy (non-hydrogen) atoms. The van der Waals surface area contributed by atoms with Crippen LogP contribution in [-0.2, 0) is 0 Å². The van der Waals surface area contributed by atoms with Crippen molar-refractivity contribution in [3.05, 3.63) is 71.0 Å². The van der Waals surface area contributed by atoms with Gasteiger partial charge in [-0.2, -0.15) is 0 Å². The molecule has 138 valence electrons. The van der Waals surface area contributed by atoms with E-state index in [9.17, 15) is 4.79 Å². The van der Waals surface area contributed by atoms with Crippen LogP contribution >= 0.6 is 11.6 Å². The Hall–Kier alpha value is -3.12. The number of anilines is 3. The van der Waals surface area contributed by atoms with Crippen LogP contribution < -0.4 is 15.4 Å². The molecular weight excluding hydrogens is 364 g/mol. The summed E-state index contributed by atoms with van der Waals surface area (Å²) in [6.45, 7) is 4.36. The average molecular weight is 383 g/mol. The Morgan fingerprint density at radius 2 is 1.85 bits per heavy atom. The molecule has 0 fully saturated rings. The third-order valence-electron chi connectivity index (χ3n) is 3.80. The van der Waals surface area contributed by atoms with Gasteiger partial charge in [0.2, 0.25) is 5.95 Å². The number of carbonyl (C=O) groups is 1. The summed E-state index contributed by atoms with van der Waals surface area (Å²) in [7, 11) is 0. The van der Waals surface area contributed by atoms with Crippen LogP contribution in [0.1, 0.15) is 22.8 Å². The van der Waals surface area contributed by atoms with E-state index in [1.54, 1.807) is 18.2 Å². The van der Waals surface area contributed by atoms with Crippen LogP contribution in [0, 0.1) is 6.92 Å². The second-order valence-electron chi connectivity index (χ2n) is 5.76. The van der Waals surface area contributed by atoms with E-state index in [2.05, 4.69) is 20.6 Å². The number of rotatable bonds is 6. The van der Waals surface area contributed by atoms with Crippen molar-refractivity contribution in [3.63, 3.8) is 0 Å². The number of halogens is 1. The van der Waals surface area contributed by atoms with Gasteiger partial charge in [-0.1, -0.05) is 29.8 Å². The van der Waals surface area contributed by atoms with Gasteiger partial charge in [-0.05, 0) is 43.7 Å². The molecule has 0 atom stereocenters. The molecule has 2 aromatic carbocycles. The molecule has 0 aliphatic heterocycles. The van der Waals surface area contributed by atoms with Crippen molar-refractivity contribution in [2.75, 3.05) is 17.2 Å². The lowest BCUT2D eigenvalue weighted by atomic mass is 10.2. The summed E-state index contributed by atoms with van der Waals surface area (Å²) in [5.41, 5.74) is 2.76. The standard InChI is InChI=1S/C20H19ClN4O2/c1-3-27-18-7-5-4-6-16(18)24-19(26)14-11-22-20(23-12-14)25-17-10-15(21)9-8-13(17)2/h4-12H,3H2,1-2H3,(H,24,26)(H,22,23,25). The number of hydrogen-bond acceptors (Lipinski definition) is 5. The second kappa shape index (κ2) is 8.51. The van der Waals surface area contributed by atoms with E-state index in [0.29, 0.717) is 34.6 Å². The number of ether oxygens (including phenoxy) is 1. The Morgan fingerprint density at radius 3 is 2.59 bits per heavy atom. The van der Waals surface area contributed by atoms with Crippen LogP contribution in [0.15, 0.2) is 54.9 Å². The van der Waals surface area contributed by atoms with Gasteiger partial charge in [0.15, 0.2) is 0 Å². The summed E-state index contributed by atoms with van der Waals surface area (Å²) in [6.07, 6.45) is 2.93. The normalized spacial score (nSPS) is 10.3. The predicted octanol–water partition coefficient (Wildman–Crippen LogP) is 4.83. The van der Waals surface area contributed by atoms with E-state index in [0.717, 1.165) is 11.3 Å². The topological polar surface area (TPSA) is 76.1 Å². The summed E-state index contributed by atoms with van der Waals surface area (Å²) in [4.78, 5) is 20.9. The lowest BCUT2D eigenvalue weighted by molar-refractivity contribution is 0.102. The average Bonchev–Trinajstić information content (AvgIpc) is 2.67. The molecule has 0 saturated carbocycles. The van der Waals surface area contributed by atoms with Crippen LogP contribution in [-0.4, -0.2) is 22.5 Å². The fraction of sp³-hybridized carbons (Fsp3) is 0.150. The van der Waals surface area contributed by atoms with Crippen molar-refractivity contribution in [1.82, 2.24) is 9.97 Å². The Bertz CT molecular complexity index is 945. The van der Waals surface area contributed by atoms with Crippen LogP contribution in [0.2, 0.25) is 5.02 Å². The molecule has 7 heteroatoms. The molecule has 6 nitrogen and oxygen atoms in total. The minimum absolute atomic E-state index is 0.312. The molecule has 0 radical (unpaired) electrons. The largest absolute Gasteiger partial charge is 0.492 e. The molecule has 0 bridgehead atoms. The quantitative estimate of drug-likeness (QED) is 0.638. The molecule has 1 amide bonds. The van der Waals surface area contributed by atoms with E-state index in [-0.39, 0.29) is 5.91 Å². The van der Waals surface area contributed by atoms with E-state index < -0.39 is 0 Å². The molecule has 0 spiro atoms. The monoisotopic (exact) mass is 382 g/mol. The first-order valence-corrected chi connectivity index (χ1v) is 8.83. The molecular formula is C20H19ClN4O2. The van der Waals surface area contributed by atoms with Crippen LogP contribution in [0.5, 0.6) is 5.75 Å². The smallest absolute Gasteiger partial charge is 0.258 e. The molecule has 1 heterocycles. The highest BCUT2D eigenvalue weighted by Gasteiger charge is 2.11. The fourth-order valence-electron chi connectivity index (χ4n) is 2.40. The van der Waals surface area contributed by atoms with Crippen LogP contribution in [0.3, 0.4) is 0 Å². The summed E-state index contributed by atoms with van der Waals surface area (Å²) in [5, 5.41) is 6.53. The lowest BCUT2D eigenvalue weighted by Crippen LogP contribution is -2.14. The van der Waals surface area contributed by atoms with Gasteiger partial charge in [0.1, 0.15) is 5.75 Å². The maximum absolute atomic E-state index is 12.5. The van der Waals surface area contributed by atoms with Gasteiger partial charge in [-0.15, -0.1) is 0 Å². The summed E-state index contributed by atoms with van der Waals surface area (Å²) >= 11 is 6.02. The van der Waals surface area contributed by atoms with Gasteiger partial charge >= 0.3 is 0 Å². The van der Waals surface area contributed by atoms with Crippen molar-refractivity contribution < 1.29 is 9.53 Å². The summed E-state index contributed by atoms with van der Waals surface area (Å²) in [6, 6.07) is 12.8. The maximum Gasteiger partial charge on any atom is 0.258 e. The van der Waals surface area contributed by atoms with E-state index in [1.807, 2.05) is 38.1 Å². The van der Waals surface area contributed by atoms with Crippen LogP contribution in [0.4, 0.5) is 17.3 Å². The third kappa shape index (κ3) is 4.74. The molecule has 1 aromatic heterocycles. The number of hydrogen-bond donors (Lipinski definition) is 2. The molecule has 0 saturated heterocycles. The molecule has 2 N–H and O–H groups in total. The SMILES string of the molecule is CCOc1ccccc1NC(=O)c1cnc(Nc2cc(Cl)ccc2C)nc1. The number of amides is 1. The Morgan fingerprint density at radius 1 is 1.11 bits per heavy atom. The third-order valence-corrected chi connectivity index (χ3v) is 4.03. The number of nitrogens with one attached hydrogen (secondary N) is 2. The lowest BCUT2D eigenvalue weighted by Gasteiger charge is -2.11. The highest BCUT2D eigenvalue weighted by Crippen LogP contribution is 2.25. The van der Waals surface area contributed by atoms with Gasteiger partial charge in [0.25, 0.3) is 5.91 Å². The van der Waals surface area contributed by atoms with E-state index in [4.69, 9.17) is 16.3 Å². The number of benzene rings is 2. The van der Waals surface area contributed by atoms with Crippen LogP contribution in [0.25, 0.3) is 0 Å². The van der Waals surface area contributed by atoms with E-state index >= 15 is 0 Å². The first kappa shape index (κ1) is 18.7. The molecule has 0 unspecified atom stereocenters. The molecule has 0 aliphatic rings. The van der Waals surface area contributed by atoms with E-state index in [1.165, 1.54) is 12.4 Å². The molecule has 0 aliphatic carbocycles. The number of aryl methyl sites for hydroxylation is 1. The van der Waals surface area contributed by atoms with Crippen molar-refractivity contribution in [2.45, 2.75) is 13.8 Å². The molecule has 3 aromatic rings. The minimum atomic E-state index is -0.312. The van der Waals surface area contributed by atoms with Crippen molar-refractivity contribution in [1.29, 1.82) is 0 Å². The number of aromatic nitrogens is 2. The zero-order valence-corrected chi connectivity index (χ0v) is 15.7. The fourth-order valence-corrected chi connectivity index (χ4v) is 2.58. The second-order valence-corrected chi connectivity index (χ2v) is 6.20. The Balaban J connectivity index is 1.71. The van der Waals surface area contributed by atoms with Gasteiger partial charge in [-0.25, -0.2) is 9.97 Å². The zero-order chi connectivity index (χ0) is 19.2. The summed E-state index contributed by atoms with van der Waals surface area (Å²) in [5.74, 6) is 0.684. The Labute approximate surface area is 162 Å². The Kier molecular flexibility index (Phi) is 5.88.